The third-order valence-electron chi connectivity index (χ3n) is 2.58. The SMILES string of the molecule is NCC(=O)c1cccc(C(=O)N2CCC2)n1. The van der Waals surface area contributed by atoms with Crippen molar-refractivity contribution < 1.29 is 9.59 Å². The molecule has 0 aromatic carbocycles. The van der Waals surface area contributed by atoms with Gasteiger partial charge >= 0.3 is 0 Å². The summed E-state index contributed by atoms with van der Waals surface area (Å²) >= 11 is 0. The van der Waals surface area contributed by atoms with Crippen molar-refractivity contribution in [2.75, 3.05) is 19.6 Å². The number of nitrogens with two attached hydrogens (primary N) is 1. The number of carbonyl (C=O) groups excluding carboxylic acids is 2. The van der Waals surface area contributed by atoms with Crippen molar-refractivity contribution in [1.82, 2.24) is 9.88 Å². The highest BCUT2D eigenvalue weighted by Crippen LogP contribution is 2.11. The van der Waals surface area contributed by atoms with Crippen molar-refractivity contribution >= 4 is 11.7 Å². The predicted octanol–water partition coefficient (Wildman–Crippen LogP) is 0.0689. The van der Waals surface area contributed by atoms with E-state index in [1.54, 1.807) is 23.1 Å². The van der Waals surface area contributed by atoms with E-state index in [9.17, 15) is 9.59 Å². The minimum atomic E-state index is -0.252. The van der Waals surface area contributed by atoms with Gasteiger partial charge < -0.3 is 10.6 Å². The number of nitrogens with zero attached hydrogens (tertiary/aromatic N) is 2. The smallest absolute Gasteiger partial charge is 0.272 e. The van der Waals surface area contributed by atoms with Gasteiger partial charge in [0.25, 0.3) is 5.91 Å². The van der Waals surface area contributed by atoms with E-state index in [1.807, 2.05) is 0 Å². The van der Waals surface area contributed by atoms with E-state index >= 15 is 0 Å². The van der Waals surface area contributed by atoms with Gasteiger partial charge in [0.2, 0.25) is 0 Å². The molecule has 0 bridgehead atoms. The summed E-state index contributed by atoms with van der Waals surface area (Å²) in [4.78, 5) is 28.9. The van der Waals surface area contributed by atoms with E-state index in [0.717, 1.165) is 19.5 Å². The standard InChI is InChI=1S/C11H13N3O2/c12-7-10(15)8-3-1-4-9(13-8)11(16)14-5-2-6-14/h1,3-4H,2,5-7,12H2. The molecule has 5 heteroatoms. The Morgan fingerprint density at radius 2 is 2.00 bits per heavy atom. The first-order valence-corrected chi connectivity index (χ1v) is 5.22. The fraction of sp³-hybridized carbons (Fsp3) is 0.364. The van der Waals surface area contributed by atoms with Gasteiger partial charge in [-0.15, -0.1) is 0 Å². The quantitative estimate of drug-likeness (QED) is 0.730. The highest BCUT2D eigenvalue weighted by atomic mass is 16.2. The van der Waals surface area contributed by atoms with Gasteiger partial charge in [-0.3, -0.25) is 9.59 Å². The minimum absolute atomic E-state index is 0.0889. The van der Waals surface area contributed by atoms with Gasteiger partial charge in [0.05, 0.1) is 6.54 Å². The topological polar surface area (TPSA) is 76.3 Å². The van der Waals surface area contributed by atoms with Gasteiger partial charge in [-0.2, -0.15) is 0 Å². The zero-order chi connectivity index (χ0) is 11.5. The largest absolute Gasteiger partial charge is 0.337 e. The van der Waals surface area contributed by atoms with Crippen LogP contribution in [0.2, 0.25) is 0 Å². The van der Waals surface area contributed by atoms with Crippen LogP contribution in [0.1, 0.15) is 27.4 Å². The molecule has 0 unspecified atom stereocenters. The molecular weight excluding hydrogens is 206 g/mol. The van der Waals surface area contributed by atoms with Gasteiger partial charge in [-0.05, 0) is 18.6 Å². The third-order valence-corrected chi connectivity index (χ3v) is 2.58. The lowest BCUT2D eigenvalue weighted by Crippen LogP contribution is -2.42. The summed E-state index contributed by atoms with van der Waals surface area (Å²) in [5, 5.41) is 0. The van der Waals surface area contributed by atoms with E-state index in [1.165, 1.54) is 0 Å². The molecule has 16 heavy (non-hydrogen) atoms. The van der Waals surface area contributed by atoms with E-state index < -0.39 is 0 Å². The van der Waals surface area contributed by atoms with Crippen molar-refractivity contribution in [2.45, 2.75) is 6.42 Å². The molecule has 5 nitrogen and oxygen atoms in total. The number of ketones is 1. The highest BCUT2D eigenvalue weighted by molar-refractivity contribution is 5.98. The lowest BCUT2D eigenvalue weighted by molar-refractivity contribution is 0.0645. The Morgan fingerprint density at radius 1 is 1.31 bits per heavy atom. The summed E-state index contributed by atoms with van der Waals surface area (Å²) in [6.07, 6.45) is 1.03. The molecule has 0 spiro atoms. The lowest BCUT2D eigenvalue weighted by atomic mass is 10.2. The zero-order valence-corrected chi connectivity index (χ0v) is 8.85. The van der Waals surface area contributed by atoms with Crippen LogP contribution in [-0.2, 0) is 0 Å². The van der Waals surface area contributed by atoms with Crippen LogP contribution < -0.4 is 5.73 Å². The Morgan fingerprint density at radius 3 is 2.56 bits per heavy atom. The molecule has 1 fully saturated rings. The zero-order valence-electron chi connectivity index (χ0n) is 8.85. The van der Waals surface area contributed by atoms with Gasteiger partial charge in [0.15, 0.2) is 5.78 Å². The molecule has 2 N–H and O–H groups in total. The first-order valence-electron chi connectivity index (χ1n) is 5.22. The number of rotatable bonds is 3. The highest BCUT2D eigenvalue weighted by Gasteiger charge is 2.22. The molecule has 1 aromatic heterocycles. The van der Waals surface area contributed by atoms with Crippen LogP contribution in [0.3, 0.4) is 0 Å². The molecule has 0 radical (unpaired) electrons. The van der Waals surface area contributed by atoms with Crippen molar-refractivity contribution in [2.24, 2.45) is 5.73 Å². The number of amides is 1. The van der Waals surface area contributed by atoms with Crippen LogP contribution in [0.5, 0.6) is 0 Å². The molecular formula is C11H13N3O2. The monoisotopic (exact) mass is 219 g/mol. The first kappa shape index (κ1) is 10.8. The summed E-state index contributed by atoms with van der Waals surface area (Å²) in [7, 11) is 0. The lowest BCUT2D eigenvalue weighted by Gasteiger charge is -2.30. The summed E-state index contributed by atoms with van der Waals surface area (Å²) in [6, 6.07) is 4.85. The van der Waals surface area contributed by atoms with Gasteiger partial charge in [0.1, 0.15) is 11.4 Å². The summed E-state index contributed by atoms with van der Waals surface area (Å²) in [5.41, 5.74) is 5.82. The van der Waals surface area contributed by atoms with E-state index in [0.29, 0.717) is 5.69 Å². The van der Waals surface area contributed by atoms with Gasteiger partial charge in [-0.25, -0.2) is 4.98 Å². The Kier molecular flexibility index (Phi) is 2.96. The average Bonchev–Trinajstić information content (AvgIpc) is 2.26. The summed E-state index contributed by atoms with van der Waals surface area (Å²) in [5.74, 6) is -0.365. The average molecular weight is 219 g/mol. The van der Waals surface area contributed by atoms with Crippen LogP contribution in [0, 0.1) is 0 Å². The Balaban J connectivity index is 2.21. The van der Waals surface area contributed by atoms with Crippen molar-refractivity contribution in [1.29, 1.82) is 0 Å². The van der Waals surface area contributed by atoms with E-state index in [4.69, 9.17) is 5.73 Å². The number of aromatic nitrogens is 1. The normalized spacial score (nSPS) is 14.4. The minimum Gasteiger partial charge on any atom is -0.337 e. The Hall–Kier alpha value is -1.75. The molecule has 1 aliphatic heterocycles. The maximum absolute atomic E-state index is 11.8. The fourth-order valence-corrected chi connectivity index (χ4v) is 1.49. The summed E-state index contributed by atoms with van der Waals surface area (Å²) < 4.78 is 0. The number of pyridine rings is 1. The molecule has 0 atom stereocenters. The second-order valence-corrected chi connectivity index (χ2v) is 3.68. The van der Waals surface area contributed by atoms with Crippen LogP contribution in [0.25, 0.3) is 0 Å². The number of likely N-dealkylation sites (tertiary alicyclic amines) is 1. The molecule has 1 amide bonds. The number of carbonyl (C=O) groups is 2. The molecule has 84 valence electrons. The molecule has 1 aliphatic rings. The first-order chi connectivity index (χ1) is 7.72. The van der Waals surface area contributed by atoms with Crippen LogP contribution in [0.15, 0.2) is 18.2 Å². The number of hydrogen-bond donors (Lipinski definition) is 1. The number of Topliss-reactive ketones (excluding diaryl/α,β-unsaturated/α-hetero) is 1. The Bertz CT molecular complexity index is 427. The molecule has 1 aromatic rings. The van der Waals surface area contributed by atoms with Crippen molar-refractivity contribution in [3.8, 4) is 0 Å². The van der Waals surface area contributed by atoms with E-state index in [2.05, 4.69) is 4.98 Å². The number of hydrogen-bond acceptors (Lipinski definition) is 4. The predicted molar refractivity (Wildman–Crippen MR) is 58.1 cm³/mol. The second-order valence-electron chi connectivity index (χ2n) is 3.68. The molecule has 2 rings (SSSR count). The fourth-order valence-electron chi connectivity index (χ4n) is 1.49. The molecule has 0 aliphatic carbocycles. The van der Waals surface area contributed by atoms with Gasteiger partial charge in [-0.1, -0.05) is 6.07 Å². The third kappa shape index (κ3) is 1.94. The molecule has 1 saturated heterocycles. The summed E-state index contributed by atoms with van der Waals surface area (Å²) in [6.45, 7) is 1.46. The van der Waals surface area contributed by atoms with Crippen LogP contribution >= 0.6 is 0 Å². The second kappa shape index (κ2) is 4.40. The van der Waals surface area contributed by atoms with Crippen LogP contribution in [0.4, 0.5) is 0 Å². The van der Waals surface area contributed by atoms with Crippen molar-refractivity contribution in [3.05, 3.63) is 29.6 Å². The maximum atomic E-state index is 11.8. The van der Waals surface area contributed by atoms with Gasteiger partial charge in [0, 0.05) is 13.1 Å². The Labute approximate surface area is 93.3 Å². The molecule has 2 heterocycles. The van der Waals surface area contributed by atoms with Crippen LogP contribution in [-0.4, -0.2) is 41.2 Å². The maximum Gasteiger partial charge on any atom is 0.272 e. The molecule has 0 saturated carbocycles. The van der Waals surface area contributed by atoms with Crippen molar-refractivity contribution in [3.63, 3.8) is 0 Å². The van der Waals surface area contributed by atoms with E-state index in [-0.39, 0.29) is 23.9 Å².